The number of anilines is 2. The maximum absolute atomic E-state index is 15.8. The van der Waals surface area contributed by atoms with Crippen molar-refractivity contribution in [2.75, 3.05) is 29.9 Å². The summed E-state index contributed by atoms with van der Waals surface area (Å²) < 4.78 is 17.8. The molecule has 0 bridgehead atoms. The summed E-state index contributed by atoms with van der Waals surface area (Å²) in [6, 6.07) is 17.5. The van der Waals surface area contributed by atoms with E-state index in [9.17, 15) is 19.2 Å². The number of halogens is 1. The Balaban J connectivity index is 1.08. The van der Waals surface area contributed by atoms with Crippen LogP contribution < -0.4 is 15.6 Å². The van der Waals surface area contributed by atoms with Gasteiger partial charge in [0, 0.05) is 73.0 Å². The van der Waals surface area contributed by atoms with Crippen molar-refractivity contribution in [1.82, 2.24) is 24.3 Å². The van der Waals surface area contributed by atoms with Crippen LogP contribution >= 0.6 is 0 Å². The number of piperidine rings is 1. The molecular formula is C41H40FN7O4. The summed E-state index contributed by atoms with van der Waals surface area (Å²) in [5.41, 5.74) is 5.22. The van der Waals surface area contributed by atoms with Crippen molar-refractivity contribution in [3.05, 3.63) is 129 Å². The van der Waals surface area contributed by atoms with E-state index in [1.54, 1.807) is 12.1 Å². The van der Waals surface area contributed by atoms with Gasteiger partial charge in [-0.1, -0.05) is 12.1 Å². The normalized spacial score (nSPS) is 17.2. The standard InChI is InChI=1S/C41H40FN7O4/c1-25-9-10-30(19-44-25)46-15-5-6-31(23-46)47(20-27-13-14-43-26(2)16-27)21-28-22-48(29-11-12-29)37-18-36(35(42)17-34(37)39(28)51)45-38(50)24-49-40(52)32-7-3-4-8-33(32)41(49)53/h3-4,7-10,13-14,16-19,22,29,31H,5-6,11-12,15,20-21,23-24H2,1-2H3,(H,45,50)/t31-/m0/s1. The van der Waals surface area contributed by atoms with E-state index in [4.69, 9.17) is 0 Å². The van der Waals surface area contributed by atoms with Crippen molar-refractivity contribution in [2.24, 2.45) is 0 Å². The number of benzene rings is 2. The number of aryl methyl sites for hydroxylation is 2. The minimum atomic E-state index is -0.774. The molecule has 2 aliphatic heterocycles. The number of carbonyl (C=O) groups is 3. The summed E-state index contributed by atoms with van der Waals surface area (Å²) in [6.07, 6.45) is 9.41. The third-order valence-electron chi connectivity index (χ3n) is 10.5. The molecule has 1 atom stereocenters. The van der Waals surface area contributed by atoms with Crippen molar-refractivity contribution in [2.45, 2.75) is 64.7 Å². The minimum absolute atomic E-state index is 0.122. The molecule has 5 aromatic rings. The fourth-order valence-corrected chi connectivity index (χ4v) is 7.61. The van der Waals surface area contributed by atoms with E-state index in [0.717, 1.165) is 66.3 Å². The molecule has 1 aliphatic carbocycles. The van der Waals surface area contributed by atoms with E-state index < -0.39 is 30.1 Å². The Morgan fingerprint density at radius 3 is 2.40 bits per heavy atom. The van der Waals surface area contributed by atoms with Crippen LogP contribution in [0, 0.1) is 19.7 Å². The van der Waals surface area contributed by atoms with E-state index in [1.807, 2.05) is 49.1 Å². The fourth-order valence-electron chi connectivity index (χ4n) is 7.61. The lowest BCUT2D eigenvalue weighted by Crippen LogP contribution is -2.48. The topological polar surface area (TPSA) is 121 Å². The third kappa shape index (κ3) is 6.94. The summed E-state index contributed by atoms with van der Waals surface area (Å²) in [6.45, 7) is 6.05. The van der Waals surface area contributed by atoms with Crippen molar-refractivity contribution < 1.29 is 18.8 Å². The first-order chi connectivity index (χ1) is 25.6. The highest BCUT2D eigenvalue weighted by molar-refractivity contribution is 6.22. The van der Waals surface area contributed by atoms with E-state index in [-0.39, 0.29) is 39.7 Å². The van der Waals surface area contributed by atoms with Crippen molar-refractivity contribution >= 4 is 40.0 Å². The number of nitrogens with one attached hydrogen (secondary N) is 1. The minimum Gasteiger partial charge on any atom is -0.369 e. The molecule has 2 aromatic carbocycles. The first-order valence-corrected chi connectivity index (χ1v) is 18.1. The van der Waals surface area contributed by atoms with Crippen molar-refractivity contribution in [1.29, 1.82) is 0 Å². The monoisotopic (exact) mass is 713 g/mol. The molecule has 2 fully saturated rings. The van der Waals surface area contributed by atoms with Crippen LogP contribution in [0.2, 0.25) is 0 Å². The SMILES string of the molecule is Cc1ccc(N2CCC[C@H](N(Cc3ccnc(C)c3)Cc3cn(C4CC4)c4cc(NC(=O)CN5C(=O)c6ccccc6C5=O)c(F)cc4c3=O)C2)cn1. The lowest BCUT2D eigenvalue weighted by molar-refractivity contribution is -0.116. The van der Waals surface area contributed by atoms with Gasteiger partial charge in [-0.2, -0.15) is 0 Å². The number of amides is 3. The largest absolute Gasteiger partial charge is 0.369 e. The summed E-state index contributed by atoms with van der Waals surface area (Å²) in [4.78, 5) is 67.5. The summed E-state index contributed by atoms with van der Waals surface area (Å²) in [5, 5.41) is 2.78. The average Bonchev–Trinajstić information content (AvgIpc) is 3.98. The first kappa shape index (κ1) is 34.3. The van der Waals surface area contributed by atoms with Gasteiger partial charge < -0.3 is 14.8 Å². The molecule has 11 nitrogen and oxygen atoms in total. The number of imide groups is 1. The predicted octanol–water partition coefficient (Wildman–Crippen LogP) is 5.79. The maximum atomic E-state index is 15.8. The zero-order valence-corrected chi connectivity index (χ0v) is 29.7. The van der Waals surface area contributed by atoms with Gasteiger partial charge in [0.05, 0.1) is 34.2 Å². The number of fused-ring (bicyclic) bond motifs is 2. The highest BCUT2D eigenvalue weighted by atomic mass is 19.1. The van der Waals surface area contributed by atoms with E-state index >= 15 is 4.39 Å². The molecule has 3 amide bonds. The Bertz CT molecular complexity index is 2290. The number of hydrogen-bond donors (Lipinski definition) is 1. The molecular weight excluding hydrogens is 673 g/mol. The maximum Gasteiger partial charge on any atom is 0.262 e. The predicted molar refractivity (Wildman–Crippen MR) is 199 cm³/mol. The van der Waals surface area contributed by atoms with Gasteiger partial charge in [0.2, 0.25) is 5.91 Å². The lowest BCUT2D eigenvalue weighted by Gasteiger charge is -2.40. The van der Waals surface area contributed by atoms with Crippen LogP contribution in [-0.4, -0.2) is 67.7 Å². The molecule has 1 N–H and O–H groups in total. The summed E-state index contributed by atoms with van der Waals surface area (Å²) >= 11 is 0. The Labute approximate surface area is 306 Å². The molecule has 0 radical (unpaired) electrons. The number of nitrogens with zero attached hydrogens (tertiary/aromatic N) is 6. The molecule has 0 spiro atoms. The third-order valence-corrected chi connectivity index (χ3v) is 10.5. The van der Waals surface area contributed by atoms with Gasteiger partial charge in [-0.25, -0.2) is 4.39 Å². The molecule has 3 aliphatic rings. The Hall–Kier alpha value is -5.75. The number of hydrogen-bond acceptors (Lipinski definition) is 8. The van der Waals surface area contributed by atoms with Crippen LogP contribution in [0.15, 0.2) is 84.0 Å². The zero-order chi connectivity index (χ0) is 36.8. The second-order valence-corrected chi connectivity index (χ2v) is 14.4. The zero-order valence-electron chi connectivity index (χ0n) is 29.7. The molecule has 270 valence electrons. The van der Waals surface area contributed by atoms with Gasteiger partial charge in [-0.3, -0.25) is 38.9 Å². The van der Waals surface area contributed by atoms with Gasteiger partial charge in [-0.05, 0) is 93.6 Å². The van der Waals surface area contributed by atoms with Crippen LogP contribution in [0.5, 0.6) is 0 Å². The molecule has 5 heterocycles. The van der Waals surface area contributed by atoms with E-state index in [2.05, 4.69) is 37.2 Å². The van der Waals surface area contributed by atoms with Crippen LogP contribution in [0.25, 0.3) is 10.9 Å². The quantitative estimate of drug-likeness (QED) is 0.181. The van der Waals surface area contributed by atoms with Crippen LogP contribution in [0.3, 0.4) is 0 Å². The summed E-state index contributed by atoms with van der Waals surface area (Å²) in [7, 11) is 0. The van der Waals surface area contributed by atoms with Crippen molar-refractivity contribution in [3.63, 3.8) is 0 Å². The highest BCUT2D eigenvalue weighted by Crippen LogP contribution is 2.38. The Kier molecular flexibility index (Phi) is 9.07. The average molecular weight is 714 g/mol. The Morgan fingerprint density at radius 1 is 0.925 bits per heavy atom. The van der Waals surface area contributed by atoms with E-state index in [1.165, 1.54) is 24.3 Å². The van der Waals surface area contributed by atoms with Gasteiger partial charge >= 0.3 is 0 Å². The van der Waals surface area contributed by atoms with Gasteiger partial charge in [0.25, 0.3) is 11.8 Å². The Morgan fingerprint density at radius 2 is 1.70 bits per heavy atom. The molecule has 53 heavy (non-hydrogen) atoms. The molecule has 1 saturated heterocycles. The van der Waals surface area contributed by atoms with Crippen LogP contribution in [0.4, 0.5) is 15.8 Å². The van der Waals surface area contributed by atoms with Gasteiger partial charge in [0.15, 0.2) is 5.43 Å². The molecule has 8 rings (SSSR count). The fraction of sp³-hybridized carbons (Fsp3) is 0.317. The number of rotatable bonds is 10. The smallest absolute Gasteiger partial charge is 0.262 e. The molecule has 12 heteroatoms. The molecule has 3 aromatic heterocycles. The second kappa shape index (κ2) is 14.0. The number of pyridine rings is 3. The van der Waals surface area contributed by atoms with Crippen molar-refractivity contribution in [3.8, 4) is 0 Å². The summed E-state index contributed by atoms with van der Waals surface area (Å²) in [5.74, 6) is -2.64. The molecule has 1 saturated carbocycles. The van der Waals surface area contributed by atoms with Gasteiger partial charge in [0.1, 0.15) is 12.4 Å². The lowest BCUT2D eigenvalue weighted by atomic mass is 10.0. The second-order valence-electron chi connectivity index (χ2n) is 14.4. The highest BCUT2D eigenvalue weighted by Gasteiger charge is 2.36. The number of carbonyl (C=O) groups excluding carboxylic acids is 3. The van der Waals surface area contributed by atoms with Crippen LogP contribution in [-0.2, 0) is 17.9 Å². The van der Waals surface area contributed by atoms with Crippen LogP contribution in [0.1, 0.15) is 75.0 Å². The number of aromatic nitrogens is 3. The first-order valence-electron chi connectivity index (χ1n) is 18.1. The van der Waals surface area contributed by atoms with E-state index in [0.29, 0.717) is 24.2 Å². The molecule has 0 unspecified atom stereocenters. The van der Waals surface area contributed by atoms with Gasteiger partial charge in [-0.15, -0.1) is 0 Å².